The number of carbonyl (C=O) groups excluding carboxylic acids is 1. The third-order valence-electron chi connectivity index (χ3n) is 2.13. The van der Waals surface area contributed by atoms with Crippen LogP contribution in [-0.4, -0.2) is 23.3 Å². The van der Waals surface area contributed by atoms with Gasteiger partial charge in [-0.15, -0.1) is 21.5 Å². The van der Waals surface area contributed by atoms with Gasteiger partial charge in [0.1, 0.15) is 5.82 Å². The summed E-state index contributed by atoms with van der Waals surface area (Å²) in [5, 5.41) is 10.7. The largest absolute Gasteiger partial charge is 0.464 e. The summed E-state index contributed by atoms with van der Waals surface area (Å²) in [5.74, 6) is 0.0891. The molecule has 0 spiro atoms. The van der Waals surface area contributed by atoms with E-state index in [-0.39, 0.29) is 5.69 Å². The molecule has 0 saturated heterocycles. The van der Waals surface area contributed by atoms with Crippen molar-refractivity contribution in [3.05, 3.63) is 39.2 Å². The number of nitrogens with zero attached hydrogens (tertiary/aromatic N) is 2. The second-order valence-electron chi connectivity index (χ2n) is 3.35. The second kappa shape index (κ2) is 5.79. The Kier molecular flexibility index (Phi) is 4.11. The fourth-order valence-electron chi connectivity index (χ4n) is 1.26. The Morgan fingerprint density at radius 3 is 2.78 bits per heavy atom. The molecule has 0 atom stereocenters. The first kappa shape index (κ1) is 12.8. The number of anilines is 1. The van der Waals surface area contributed by atoms with Gasteiger partial charge in [-0.05, 0) is 24.3 Å². The van der Waals surface area contributed by atoms with Gasteiger partial charge in [0.15, 0.2) is 5.69 Å². The zero-order valence-corrected chi connectivity index (χ0v) is 11.1. The molecule has 2 rings (SSSR count). The molecule has 2 heterocycles. The fourth-order valence-corrected chi connectivity index (χ4v) is 2.29. The number of hydrogen-bond donors (Lipinski definition) is 1. The van der Waals surface area contributed by atoms with Crippen molar-refractivity contribution in [3.8, 4) is 0 Å². The van der Waals surface area contributed by atoms with Crippen molar-refractivity contribution in [2.75, 3.05) is 12.4 Å². The van der Waals surface area contributed by atoms with Crippen LogP contribution in [0.2, 0.25) is 4.34 Å². The Bertz CT molecular complexity index is 541. The Labute approximate surface area is 113 Å². The van der Waals surface area contributed by atoms with Crippen LogP contribution in [0.4, 0.5) is 5.82 Å². The standard InChI is InChI=1S/C11H10ClN3O2S/c1-17-11(16)8-3-5-10(15-14-8)13-6-7-2-4-9(12)18-7/h2-5H,6H2,1H3,(H,13,15). The van der Waals surface area contributed by atoms with Crippen LogP contribution in [-0.2, 0) is 11.3 Å². The van der Waals surface area contributed by atoms with Crippen LogP contribution in [0, 0.1) is 0 Å². The van der Waals surface area contributed by atoms with E-state index in [0.29, 0.717) is 12.4 Å². The van der Waals surface area contributed by atoms with Crippen LogP contribution in [0.5, 0.6) is 0 Å². The first-order valence-corrected chi connectivity index (χ1v) is 6.28. The summed E-state index contributed by atoms with van der Waals surface area (Å²) in [7, 11) is 1.30. The summed E-state index contributed by atoms with van der Waals surface area (Å²) in [6.07, 6.45) is 0. The highest BCUT2D eigenvalue weighted by molar-refractivity contribution is 7.16. The lowest BCUT2D eigenvalue weighted by Crippen LogP contribution is -2.07. The predicted molar refractivity (Wildman–Crippen MR) is 70.0 cm³/mol. The summed E-state index contributed by atoms with van der Waals surface area (Å²) in [6, 6.07) is 7.02. The molecule has 18 heavy (non-hydrogen) atoms. The average molecular weight is 284 g/mol. The van der Waals surface area contributed by atoms with E-state index in [1.807, 2.05) is 12.1 Å². The van der Waals surface area contributed by atoms with Gasteiger partial charge in [-0.25, -0.2) is 4.79 Å². The number of nitrogens with one attached hydrogen (secondary N) is 1. The molecule has 0 amide bonds. The Hall–Kier alpha value is -1.66. The number of thiophene rings is 1. The Balaban J connectivity index is 1.96. The quantitative estimate of drug-likeness (QED) is 0.874. The van der Waals surface area contributed by atoms with Gasteiger partial charge in [-0.1, -0.05) is 11.6 Å². The van der Waals surface area contributed by atoms with E-state index in [4.69, 9.17) is 11.6 Å². The van der Waals surface area contributed by atoms with Gasteiger partial charge in [0.25, 0.3) is 0 Å². The van der Waals surface area contributed by atoms with Gasteiger partial charge >= 0.3 is 5.97 Å². The topological polar surface area (TPSA) is 64.1 Å². The molecular weight excluding hydrogens is 274 g/mol. The number of methoxy groups -OCH3 is 1. The van der Waals surface area contributed by atoms with Crippen molar-refractivity contribution < 1.29 is 9.53 Å². The lowest BCUT2D eigenvalue weighted by atomic mass is 10.4. The van der Waals surface area contributed by atoms with E-state index in [1.165, 1.54) is 18.4 Å². The first-order chi connectivity index (χ1) is 8.69. The number of aromatic nitrogens is 2. The predicted octanol–water partition coefficient (Wildman–Crippen LogP) is 2.59. The molecule has 0 saturated carbocycles. The van der Waals surface area contributed by atoms with Gasteiger partial charge in [0.05, 0.1) is 18.0 Å². The molecule has 0 aliphatic heterocycles. The van der Waals surface area contributed by atoms with Gasteiger partial charge < -0.3 is 10.1 Å². The van der Waals surface area contributed by atoms with Gasteiger partial charge in [0, 0.05) is 4.88 Å². The van der Waals surface area contributed by atoms with Crippen molar-refractivity contribution in [1.82, 2.24) is 10.2 Å². The summed E-state index contributed by atoms with van der Waals surface area (Å²) in [6.45, 7) is 0.615. The molecule has 0 aliphatic rings. The van der Waals surface area contributed by atoms with Crippen molar-refractivity contribution in [2.45, 2.75) is 6.54 Å². The molecule has 7 heteroatoms. The van der Waals surface area contributed by atoms with E-state index < -0.39 is 5.97 Å². The summed E-state index contributed by atoms with van der Waals surface area (Å²) in [5.41, 5.74) is 0.183. The van der Waals surface area contributed by atoms with Crippen LogP contribution in [0.1, 0.15) is 15.4 Å². The zero-order chi connectivity index (χ0) is 13.0. The van der Waals surface area contributed by atoms with Crippen molar-refractivity contribution in [1.29, 1.82) is 0 Å². The van der Waals surface area contributed by atoms with Crippen molar-refractivity contribution in [3.63, 3.8) is 0 Å². The highest BCUT2D eigenvalue weighted by Crippen LogP contribution is 2.21. The average Bonchev–Trinajstić information content (AvgIpc) is 2.82. The molecule has 0 fully saturated rings. The molecule has 0 aromatic carbocycles. The first-order valence-electron chi connectivity index (χ1n) is 5.09. The summed E-state index contributed by atoms with van der Waals surface area (Å²) in [4.78, 5) is 12.2. The van der Waals surface area contributed by atoms with Gasteiger partial charge in [-0.2, -0.15) is 0 Å². The normalized spacial score (nSPS) is 10.1. The molecule has 0 radical (unpaired) electrons. The van der Waals surface area contributed by atoms with Crippen LogP contribution in [0.25, 0.3) is 0 Å². The molecular formula is C11H10ClN3O2S. The Morgan fingerprint density at radius 1 is 1.39 bits per heavy atom. The van der Waals surface area contributed by atoms with Crippen LogP contribution in [0.15, 0.2) is 24.3 Å². The lowest BCUT2D eigenvalue weighted by molar-refractivity contribution is 0.0593. The molecule has 0 bridgehead atoms. The lowest BCUT2D eigenvalue weighted by Gasteiger charge is -2.03. The van der Waals surface area contributed by atoms with Crippen LogP contribution in [0.3, 0.4) is 0 Å². The molecule has 2 aromatic heterocycles. The second-order valence-corrected chi connectivity index (χ2v) is 5.15. The van der Waals surface area contributed by atoms with Crippen molar-refractivity contribution >= 4 is 34.7 Å². The van der Waals surface area contributed by atoms with Gasteiger partial charge in [-0.3, -0.25) is 0 Å². The number of carbonyl (C=O) groups is 1. The minimum atomic E-state index is -0.501. The Morgan fingerprint density at radius 2 is 2.22 bits per heavy atom. The maximum absolute atomic E-state index is 11.1. The SMILES string of the molecule is COC(=O)c1ccc(NCc2ccc(Cl)s2)nn1. The van der Waals surface area contributed by atoms with Crippen molar-refractivity contribution in [2.24, 2.45) is 0 Å². The van der Waals surface area contributed by atoms with E-state index in [9.17, 15) is 4.79 Å². The third-order valence-corrected chi connectivity index (χ3v) is 3.36. The van der Waals surface area contributed by atoms with E-state index in [0.717, 1.165) is 9.21 Å². The zero-order valence-electron chi connectivity index (χ0n) is 9.51. The maximum Gasteiger partial charge on any atom is 0.358 e. The smallest absolute Gasteiger partial charge is 0.358 e. The summed E-state index contributed by atoms with van der Waals surface area (Å²) < 4.78 is 5.28. The van der Waals surface area contributed by atoms with E-state index in [1.54, 1.807) is 12.1 Å². The number of esters is 1. The van der Waals surface area contributed by atoms with E-state index >= 15 is 0 Å². The molecule has 0 aliphatic carbocycles. The third kappa shape index (κ3) is 3.18. The molecule has 94 valence electrons. The molecule has 5 nitrogen and oxygen atoms in total. The van der Waals surface area contributed by atoms with Crippen LogP contribution < -0.4 is 5.32 Å². The fraction of sp³-hybridized carbons (Fsp3) is 0.182. The number of ether oxygens (including phenoxy) is 1. The maximum atomic E-state index is 11.1. The van der Waals surface area contributed by atoms with Gasteiger partial charge in [0.2, 0.25) is 0 Å². The molecule has 0 unspecified atom stereocenters. The minimum Gasteiger partial charge on any atom is -0.464 e. The van der Waals surface area contributed by atoms with E-state index in [2.05, 4.69) is 20.3 Å². The number of hydrogen-bond acceptors (Lipinski definition) is 6. The highest BCUT2D eigenvalue weighted by Gasteiger charge is 2.07. The number of rotatable bonds is 4. The highest BCUT2D eigenvalue weighted by atomic mass is 35.5. The monoisotopic (exact) mass is 283 g/mol. The van der Waals surface area contributed by atoms with Crippen LogP contribution >= 0.6 is 22.9 Å². The summed E-state index contributed by atoms with van der Waals surface area (Å²) >= 11 is 7.32. The minimum absolute atomic E-state index is 0.183. The molecule has 1 N–H and O–H groups in total. The molecule has 2 aromatic rings. The number of halogens is 1.